The van der Waals surface area contributed by atoms with E-state index in [4.69, 9.17) is 5.90 Å². The van der Waals surface area contributed by atoms with Crippen LogP contribution in [0.1, 0.15) is 13.3 Å². The molecule has 0 unspecified atom stereocenters. The first-order chi connectivity index (χ1) is 3.83. The topological polar surface area (TPSA) is 38.5 Å². The van der Waals surface area contributed by atoms with Gasteiger partial charge in [0.25, 0.3) is 0 Å². The van der Waals surface area contributed by atoms with Crippen molar-refractivity contribution in [3.8, 4) is 0 Å². The lowest BCUT2D eigenvalue weighted by atomic mass is 10.2. The van der Waals surface area contributed by atoms with Gasteiger partial charge in [0.05, 0.1) is 0 Å². The minimum atomic E-state index is 0. The van der Waals surface area contributed by atoms with Crippen molar-refractivity contribution in [3.63, 3.8) is 0 Å². The molecule has 0 amide bonds. The van der Waals surface area contributed by atoms with Crippen LogP contribution in [-0.4, -0.2) is 18.2 Å². The Labute approximate surface area is 73.6 Å². The first-order valence-corrected chi connectivity index (χ1v) is 2.94. The highest BCUT2D eigenvalue weighted by Crippen LogP contribution is 2.13. The number of nitrogens with two attached hydrogens (primary N) is 1. The van der Waals surface area contributed by atoms with Gasteiger partial charge in [-0.05, 0) is 12.3 Å². The normalized spacial score (nSPS) is 25.2. The SMILES string of the molecule is C[C@@H]1CCN(ON)C1.Cl.Cl. The van der Waals surface area contributed by atoms with Gasteiger partial charge in [-0.2, -0.15) is 11.0 Å². The van der Waals surface area contributed by atoms with Crippen molar-refractivity contribution < 1.29 is 4.94 Å². The van der Waals surface area contributed by atoms with E-state index in [2.05, 4.69) is 11.9 Å². The summed E-state index contributed by atoms with van der Waals surface area (Å²) in [6, 6.07) is 0. The molecule has 1 aliphatic heterocycles. The van der Waals surface area contributed by atoms with E-state index in [1.54, 1.807) is 5.06 Å². The van der Waals surface area contributed by atoms with Crippen molar-refractivity contribution in [1.29, 1.82) is 0 Å². The highest BCUT2D eigenvalue weighted by Gasteiger charge is 2.17. The summed E-state index contributed by atoms with van der Waals surface area (Å²) in [6.45, 7) is 4.16. The van der Waals surface area contributed by atoms with Gasteiger partial charge in [-0.25, -0.2) is 4.94 Å². The molecule has 1 fully saturated rings. The molecule has 0 saturated carbocycles. The van der Waals surface area contributed by atoms with Gasteiger partial charge < -0.3 is 0 Å². The lowest BCUT2D eigenvalue weighted by Crippen LogP contribution is -2.24. The molecule has 64 valence electrons. The van der Waals surface area contributed by atoms with Crippen LogP contribution in [0.2, 0.25) is 0 Å². The van der Waals surface area contributed by atoms with Gasteiger partial charge >= 0.3 is 0 Å². The van der Waals surface area contributed by atoms with Gasteiger partial charge in [0.1, 0.15) is 0 Å². The van der Waals surface area contributed by atoms with Crippen LogP contribution in [-0.2, 0) is 4.94 Å². The Kier molecular flexibility index (Phi) is 8.09. The second-order valence-electron chi connectivity index (χ2n) is 2.39. The summed E-state index contributed by atoms with van der Waals surface area (Å²) < 4.78 is 0. The van der Waals surface area contributed by atoms with Crippen LogP contribution >= 0.6 is 24.8 Å². The summed E-state index contributed by atoms with van der Waals surface area (Å²) in [5, 5.41) is 1.78. The third-order valence-electron chi connectivity index (χ3n) is 1.54. The molecule has 2 N–H and O–H groups in total. The van der Waals surface area contributed by atoms with Gasteiger partial charge in [-0.1, -0.05) is 6.92 Å². The standard InChI is InChI=1S/C5H12N2O.2ClH/c1-5-2-3-7(4-5)8-6;;/h5H,2-4,6H2,1H3;2*1H/t5-;;/m1../s1. The molecular formula is C5H14Cl2N2O. The summed E-state index contributed by atoms with van der Waals surface area (Å²) in [6.07, 6.45) is 1.21. The third-order valence-corrected chi connectivity index (χ3v) is 1.54. The predicted molar refractivity (Wildman–Crippen MR) is 45.1 cm³/mol. The third kappa shape index (κ3) is 3.58. The quantitative estimate of drug-likeness (QED) is 0.625. The Morgan fingerprint density at radius 3 is 2.30 bits per heavy atom. The fraction of sp³-hybridized carbons (Fsp3) is 1.00. The Hall–Kier alpha value is 0.460. The average Bonchev–Trinajstić information content (AvgIpc) is 2.14. The van der Waals surface area contributed by atoms with Crippen molar-refractivity contribution in [3.05, 3.63) is 0 Å². The zero-order chi connectivity index (χ0) is 5.98. The number of hydrogen-bond acceptors (Lipinski definition) is 3. The van der Waals surface area contributed by atoms with E-state index in [9.17, 15) is 0 Å². The van der Waals surface area contributed by atoms with Crippen LogP contribution in [0, 0.1) is 5.92 Å². The predicted octanol–water partition coefficient (Wildman–Crippen LogP) is 0.977. The van der Waals surface area contributed by atoms with Gasteiger partial charge in [-0.15, -0.1) is 24.8 Å². The van der Waals surface area contributed by atoms with E-state index in [-0.39, 0.29) is 24.8 Å². The number of nitrogens with zero attached hydrogens (tertiary/aromatic N) is 1. The van der Waals surface area contributed by atoms with Crippen LogP contribution in [0.3, 0.4) is 0 Å². The Morgan fingerprint density at radius 2 is 2.10 bits per heavy atom. The molecule has 3 nitrogen and oxygen atoms in total. The summed E-state index contributed by atoms with van der Waals surface area (Å²) in [4.78, 5) is 4.51. The van der Waals surface area contributed by atoms with Crippen molar-refractivity contribution in [2.75, 3.05) is 13.1 Å². The van der Waals surface area contributed by atoms with Crippen LogP contribution < -0.4 is 5.90 Å². The molecule has 1 aliphatic rings. The Bertz CT molecular complexity index is 84.0. The highest BCUT2D eigenvalue weighted by molar-refractivity contribution is 5.85. The minimum Gasteiger partial charge on any atom is -0.214 e. The van der Waals surface area contributed by atoms with Crippen molar-refractivity contribution in [2.45, 2.75) is 13.3 Å². The van der Waals surface area contributed by atoms with Crippen molar-refractivity contribution in [1.82, 2.24) is 5.06 Å². The summed E-state index contributed by atoms with van der Waals surface area (Å²) >= 11 is 0. The van der Waals surface area contributed by atoms with Gasteiger partial charge in [0.2, 0.25) is 0 Å². The molecule has 0 spiro atoms. The Morgan fingerprint density at radius 1 is 1.50 bits per heavy atom. The summed E-state index contributed by atoms with van der Waals surface area (Å²) in [7, 11) is 0. The van der Waals surface area contributed by atoms with Crippen LogP contribution in [0.4, 0.5) is 0 Å². The van der Waals surface area contributed by atoms with E-state index in [0.29, 0.717) is 0 Å². The van der Waals surface area contributed by atoms with Crippen molar-refractivity contribution in [2.24, 2.45) is 11.8 Å². The first-order valence-electron chi connectivity index (χ1n) is 2.94. The van der Waals surface area contributed by atoms with E-state index in [0.717, 1.165) is 19.0 Å². The summed E-state index contributed by atoms with van der Waals surface area (Å²) in [5.41, 5.74) is 0. The molecule has 1 rings (SSSR count). The van der Waals surface area contributed by atoms with Gasteiger partial charge in [0, 0.05) is 13.1 Å². The maximum Gasteiger partial charge on any atom is 0.0285 e. The molecule has 5 heteroatoms. The van der Waals surface area contributed by atoms with Crippen LogP contribution in [0.15, 0.2) is 0 Å². The van der Waals surface area contributed by atoms with Gasteiger partial charge in [0.15, 0.2) is 0 Å². The minimum absolute atomic E-state index is 0. The van der Waals surface area contributed by atoms with Crippen molar-refractivity contribution >= 4 is 24.8 Å². The second kappa shape index (κ2) is 6.19. The summed E-state index contributed by atoms with van der Waals surface area (Å²) in [5.74, 6) is 5.67. The average molecular weight is 189 g/mol. The number of hydroxylamine groups is 2. The maximum absolute atomic E-state index is 4.92. The lowest BCUT2D eigenvalue weighted by Gasteiger charge is -2.08. The van der Waals surface area contributed by atoms with E-state index >= 15 is 0 Å². The molecule has 0 aromatic heterocycles. The second-order valence-corrected chi connectivity index (χ2v) is 2.39. The molecule has 10 heavy (non-hydrogen) atoms. The maximum atomic E-state index is 4.92. The number of rotatable bonds is 1. The number of hydrogen-bond donors (Lipinski definition) is 1. The van der Waals surface area contributed by atoms with E-state index in [1.807, 2.05) is 0 Å². The fourth-order valence-electron chi connectivity index (χ4n) is 0.990. The molecule has 0 bridgehead atoms. The fourth-order valence-corrected chi connectivity index (χ4v) is 0.990. The van der Waals surface area contributed by atoms with Gasteiger partial charge in [-0.3, -0.25) is 0 Å². The lowest BCUT2D eigenvalue weighted by molar-refractivity contribution is -0.148. The monoisotopic (exact) mass is 188 g/mol. The van der Waals surface area contributed by atoms with E-state index < -0.39 is 0 Å². The van der Waals surface area contributed by atoms with Crippen LogP contribution in [0.25, 0.3) is 0 Å². The molecular weight excluding hydrogens is 175 g/mol. The number of halogens is 2. The zero-order valence-corrected chi connectivity index (χ0v) is 7.58. The molecule has 1 atom stereocenters. The first kappa shape index (κ1) is 13.1. The molecule has 0 aromatic carbocycles. The van der Waals surface area contributed by atoms with E-state index in [1.165, 1.54) is 6.42 Å². The molecule has 0 aromatic rings. The zero-order valence-electron chi connectivity index (χ0n) is 5.95. The molecule has 1 saturated heterocycles. The largest absolute Gasteiger partial charge is 0.214 e. The molecule has 0 aliphatic carbocycles. The van der Waals surface area contributed by atoms with Crippen LogP contribution in [0.5, 0.6) is 0 Å². The molecule has 1 heterocycles. The Balaban J connectivity index is 0. The smallest absolute Gasteiger partial charge is 0.0285 e. The molecule has 0 radical (unpaired) electrons. The highest BCUT2D eigenvalue weighted by atomic mass is 35.5.